The average Bonchev–Trinajstić information content (AvgIpc) is 2.78. The molecule has 1 saturated heterocycles. The third-order valence-electron chi connectivity index (χ3n) is 5.57. The number of hydrogen-bond acceptors (Lipinski definition) is 5. The third kappa shape index (κ3) is 5.39. The van der Waals surface area contributed by atoms with E-state index in [9.17, 15) is 4.39 Å². The molecule has 0 aliphatic carbocycles. The highest BCUT2D eigenvalue weighted by Gasteiger charge is 2.20. The molecule has 0 amide bonds. The lowest BCUT2D eigenvalue weighted by Gasteiger charge is -2.32. The lowest BCUT2D eigenvalue weighted by molar-refractivity contribution is 0.191. The molecule has 2 aromatic heterocycles. The molecule has 1 aliphatic rings. The first-order valence-electron chi connectivity index (χ1n) is 10.5. The van der Waals surface area contributed by atoms with Crippen LogP contribution in [-0.4, -0.2) is 46.1 Å². The number of piperidine rings is 1. The van der Waals surface area contributed by atoms with Crippen LogP contribution in [0.3, 0.4) is 0 Å². The number of halogens is 1. The first kappa shape index (κ1) is 20.4. The largest absolute Gasteiger partial charge is 0.478 e. The molecule has 0 N–H and O–H groups in total. The minimum Gasteiger partial charge on any atom is -0.478 e. The summed E-state index contributed by atoms with van der Waals surface area (Å²) in [6.07, 6.45) is 7.10. The van der Waals surface area contributed by atoms with Crippen molar-refractivity contribution < 1.29 is 9.13 Å². The van der Waals surface area contributed by atoms with Gasteiger partial charge in [0.05, 0.1) is 6.61 Å². The number of ether oxygens (including phenoxy) is 1. The second kappa shape index (κ2) is 9.76. The Bertz CT molecular complexity index is 941. The number of benzene rings is 1. The molecule has 3 aromatic rings. The van der Waals surface area contributed by atoms with E-state index in [1.807, 2.05) is 25.4 Å². The Morgan fingerprint density at radius 2 is 1.77 bits per heavy atom. The number of rotatable bonds is 7. The molecule has 0 atom stereocenters. The zero-order valence-electron chi connectivity index (χ0n) is 17.3. The van der Waals surface area contributed by atoms with Crippen molar-refractivity contribution in [3.05, 3.63) is 71.9 Å². The van der Waals surface area contributed by atoms with Crippen molar-refractivity contribution in [2.45, 2.75) is 32.1 Å². The summed E-state index contributed by atoms with van der Waals surface area (Å²) < 4.78 is 19.1. The van der Waals surface area contributed by atoms with Crippen molar-refractivity contribution in [2.24, 2.45) is 0 Å². The number of pyridine rings is 1. The van der Waals surface area contributed by atoms with E-state index in [1.54, 1.807) is 12.1 Å². The molecule has 0 unspecified atom stereocenters. The fourth-order valence-electron chi connectivity index (χ4n) is 3.93. The SMILES string of the molecule is Cc1cc(OCCCN2CCC(c3ccncc3)CC2)nc(-c2ccc(F)cc2)n1. The normalized spacial score (nSPS) is 15.3. The molecule has 0 radical (unpaired) electrons. The van der Waals surface area contributed by atoms with E-state index in [-0.39, 0.29) is 5.82 Å². The van der Waals surface area contributed by atoms with Crippen LogP contribution >= 0.6 is 0 Å². The Labute approximate surface area is 177 Å². The van der Waals surface area contributed by atoms with Crippen LogP contribution in [0.2, 0.25) is 0 Å². The van der Waals surface area contributed by atoms with Crippen LogP contribution < -0.4 is 4.74 Å². The summed E-state index contributed by atoms with van der Waals surface area (Å²) in [5, 5.41) is 0. The summed E-state index contributed by atoms with van der Waals surface area (Å²) in [5.74, 6) is 1.50. The quantitative estimate of drug-likeness (QED) is 0.535. The number of aromatic nitrogens is 3. The van der Waals surface area contributed by atoms with Crippen LogP contribution in [0.5, 0.6) is 5.88 Å². The van der Waals surface area contributed by atoms with Crippen LogP contribution in [0.25, 0.3) is 11.4 Å². The predicted octanol–water partition coefficient (Wildman–Crippen LogP) is 4.63. The van der Waals surface area contributed by atoms with Gasteiger partial charge in [-0.1, -0.05) is 0 Å². The minimum absolute atomic E-state index is 0.271. The summed E-state index contributed by atoms with van der Waals surface area (Å²) in [6.45, 7) is 5.79. The van der Waals surface area contributed by atoms with Gasteiger partial charge in [-0.2, -0.15) is 4.98 Å². The maximum Gasteiger partial charge on any atom is 0.217 e. The van der Waals surface area contributed by atoms with Gasteiger partial charge in [-0.25, -0.2) is 9.37 Å². The van der Waals surface area contributed by atoms with Crippen LogP contribution in [0.15, 0.2) is 54.9 Å². The van der Waals surface area contributed by atoms with Gasteiger partial charge in [0.25, 0.3) is 0 Å². The Balaban J connectivity index is 1.24. The van der Waals surface area contributed by atoms with Crippen molar-refractivity contribution in [3.63, 3.8) is 0 Å². The van der Waals surface area contributed by atoms with Crippen molar-refractivity contribution in [1.82, 2.24) is 19.9 Å². The molecule has 3 heterocycles. The minimum atomic E-state index is -0.271. The Morgan fingerprint density at radius 3 is 2.50 bits per heavy atom. The molecule has 1 aliphatic heterocycles. The van der Waals surface area contributed by atoms with Crippen molar-refractivity contribution in [2.75, 3.05) is 26.2 Å². The number of hydrogen-bond donors (Lipinski definition) is 0. The highest BCUT2D eigenvalue weighted by molar-refractivity contribution is 5.55. The number of aryl methyl sites for hydroxylation is 1. The molecular formula is C24H27FN4O. The summed E-state index contributed by atoms with van der Waals surface area (Å²) in [4.78, 5) is 15.6. The lowest BCUT2D eigenvalue weighted by Crippen LogP contribution is -2.34. The average molecular weight is 407 g/mol. The van der Waals surface area contributed by atoms with Crippen molar-refractivity contribution in [3.8, 4) is 17.3 Å². The smallest absolute Gasteiger partial charge is 0.217 e. The van der Waals surface area contributed by atoms with E-state index in [1.165, 1.54) is 30.5 Å². The van der Waals surface area contributed by atoms with E-state index in [0.29, 0.717) is 24.2 Å². The van der Waals surface area contributed by atoms with Crippen LogP contribution in [0.1, 0.15) is 36.4 Å². The highest BCUT2D eigenvalue weighted by Crippen LogP contribution is 2.27. The first-order chi connectivity index (χ1) is 14.7. The topological polar surface area (TPSA) is 51.1 Å². The molecular weight excluding hydrogens is 379 g/mol. The molecule has 0 saturated carbocycles. The van der Waals surface area contributed by atoms with Gasteiger partial charge in [-0.15, -0.1) is 0 Å². The fraction of sp³-hybridized carbons (Fsp3) is 0.375. The van der Waals surface area contributed by atoms with Gasteiger partial charge in [0, 0.05) is 36.3 Å². The maximum absolute atomic E-state index is 13.2. The first-order valence-corrected chi connectivity index (χ1v) is 10.5. The van der Waals surface area contributed by atoms with Gasteiger partial charge < -0.3 is 9.64 Å². The summed E-state index contributed by atoms with van der Waals surface area (Å²) in [5.41, 5.74) is 3.02. The van der Waals surface area contributed by atoms with E-state index in [0.717, 1.165) is 37.3 Å². The molecule has 30 heavy (non-hydrogen) atoms. The van der Waals surface area contributed by atoms with E-state index in [2.05, 4.69) is 32.0 Å². The van der Waals surface area contributed by atoms with Gasteiger partial charge >= 0.3 is 0 Å². The summed E-state index contributed by atoms with van der Waals surface area (Å²) in [7, 11) is 0. The zero-order chi connectivity index (χ0) is 20.8. The second-order valence-electron chi connectivity index (χ2n) is 7.78. The zero-order valence-corrected chi connectivity index (χ0v) is 17.3. The summed E-state index contributed by atoms with van der Waals surface area (Å²) >= 11 is 0. The van der Waals surface area contributed by atoms with E-state index >= 15 is 0 Å². The highest BCUT2D eigenvalue weighted by atomic mass is 19.1. The monoisotopic (exact) mass is 406 g/mol. The lowest BCUT2D eigenvalue weighted by atomic mass is 9.90. The number of nitrogens with zero attached hydrogens (tertiary/aromatic N) is 4. The summed E-state index contributed by atoms with van der Waals surface area (Å²) in [6, 6.07) is 12.3. The van der Waals surface area contributed by atoms with E-state index < -0.39 is 0 Å². The molecule has 6 heteroatoms. The predicted molar refractivity (Wildman–Crippen MR) is 115 cm³/mol. The molecule has 1 fully saturated rings. The molecule has 1 aromatic carbocycles. The fourth-order valence-corrected chi connectivity index (χ4v) is 3.93. The molecule has 156 valence electrons. The van der Waals surface area contributed by atoms with Gasteiger partial charge in [-0.3, -0.25) is 4.98 Å². The van der Waals surface area contributed by atoms with Gasteiger partial charge in [0.1, 0.15) is 5.82 Å². The van der Waals surface area contributed by atoms with E-state index in [4.69, 9.17) is 4.74 Å². The third-order valence-corrected chi connectivity index (χ3v) is 5.57. The molecule has 4 rings (SSSR count). The van der Waals surface area contributed by atoms with Gasteiger partial charge in [-0.05, 0) is 87.2 Å². The van der Waals surface area contributed by atoms with Gasteiger partial charge in [0.15, 0.2) is 5.82 Å². The Morgan fingerprint density at radius 1 is 1.03 bits per heavy atom. The molecule has 0 bridgehead atoms. The van der Waals surface area contributed by atoms with Crippen molar-refractivity contribution >= 4 is 0 Å². The number of likely N-dealkylation sites (tertiary alicyclic amines) is 1. The van der Waals surface area contributed by atoms with Gasteiger partial charge in [0.2, 0.25) is 5.88 Å². The second-order valence-corrected chi connectivity index (χ2v) is 7.78. The molecule has 0 spiro atoms. The Hall–Kier alpha value is -2.86. The van der Waals surface area contributed by atoms with Crippen molar-refractivity contribution in [1.29, 1.82) is 0 Å². The molecule has 5 nitrogen and oxygen atoms in total. The van der Waals surface area contributed by atoms with Crippen LogP contribution in [-0.2, 0) is 0 Å². The standard InChI is InChI=1S/C24H27FN4O/c1-18-17-23(28-24(27-18)21-3-5-22(25)6-4-21)30-16-2-13-29-14-9-20(10-15-29)19-7-11-26-12-8-19/h3-8,11-12,17,20H,2,9-10,13-16H2,1H3. The Kier molecular flexibility index (Phi) is 6.64. The van der Waals surface area contributed by atoms with Crippen LogP contribution in [0.4, 0.5) is 4.39 Å². The van der Waals surface area contributed by atoms with Crippen LogP contribution in [0, 0.1) is 12.7 Å². The maximum atomic E-state index is 13.2.